The predicted molar refractivity (Wildman–Crippen MR) is 77.2 cm³/mol. The van der Waals surface area contributed by atoms with E-state index in [1.54, 1.807) is 23.5 Å². The lowest BCUT2D eigenvalue weighted by atomic mass is 10.0. The molecule has 2 aromatic rings. The molecule has 2 rings (SSSR count). The first-order chi connectivity index (χ1) is 8.60. The summed E-state index contributed by atoms with van der Waals surface area (Å²) in [4.78, 5) is 1.12. The second-order valence-corrected chi connectivity index (χ2v) is 6.78. The standard InChI is InChI=1S/C12H11BrClFN2S/c13-12-4-2-8(18-12)6-11(17-16)9-3-1-7(14)5-10(9)15/h1-5,11,17H,6,16H2. The minimum absolute atomic E-state index is 0.271. The van der Waals surface area contributed by atoms with E-state index in [9.17, 15) is 4.39 Å². The summed E-state index contributed by atoms with van der Waals surface area (Å²) in [5.41, 5.74) is 3.16. The van der Waals surface area contributed by atoms with Gasteiger partial charge in [0.25, 0.3) is 0 Å². The first-order valence-electron chi connectivity index (χ1n) is 5.25. The van der Waals surface area contributed by atoms with Crippen molar-refractivity contribution in [3.63, 3.8) is 0 Å². The number of rotatable bonds is 4. The molecule has 96 valence electrons. The molecule has 0 saturated carbocycles. The highest BCUT2D eigenvalue weighted by Gasteiger charge is 2.16. The molecule has 0 amide bonds. The van der Waals surface area contributed by atoms with Crippen LogP contribution >= 0.6 is 38.9 Å². The Morgan fingerprint density at radius 2 is 2.17 bits per heavy atom. The van der Waals surface area contributed by atoms with Gasteiger partial charge in [-0.25, -0.2) is 4.39 Å². The Morgan fingerprint density at radius 3 is 2.72 bits per heavy atom. The Balaban J connectivity index is 2.22. The topological polar surface area (TPSA) is 38.0 Å². The summed E-state index contributed by atoms with van der Waals surface area (Å²) in [5.74, 6) is 5.16. The predicted octanol–water partition coefficient (Wildman–Crippen LogP) is 4.05. The molecule has 0 aliphatic carbocycles. The highest BCUT2D eigenvalue weighted by molar-refractivity contribution is 9.11. The van der Waals surface area contributed by atoms with E-state index >= 15 is 0 Å². The first kappa shape index (κ1) is 14.0. The number of nitrogens with two attached hydrogens (primary N) is 1. The summed E-state index contributed by atoms with van der Waals surface area (Å²) in [7, 11) is 0. The zero-order valence-electron chi connectivity index (χ0n) is 9.29. The van der Waals surface area contributed by atoms with Crippen molar-refractivity contribution in [2.75, 3.05) is 0 Å². The Hall–Kier alpha value is -0.460. The molecule has 1 heterocycles. The largest absolute Gasteiger partial charge is 0.271 e. The fraction of sp³-hybridized carbons (Fsp3) is 0.167. The number of hydrazine groups is 1. The fourth-order valence-electron chi connectivity index (χ4n) is 1.71. The minimum Gasteiger partial charge on any atom is -0.271 e. The molecular weight excluding hydrogens is 339 g/mol. The van der Waals surface area contributed by atoms with Crippen LogP contribution in [0, 0.1) is 5.82 Å². The highest BCUT2D eigenvalue weighted by atomic mass is 79.9. The number of nitrogens with one attached hydrogen (secondary N) is 1. The Morgan fingerprint density at radius 1 is 1.39 bits per heavy atom. The van der Waals surface area contributed by atoms with Gasteiger partial charge >= 0.3 is 0 Å². The molecule has 2 nitrogen and oxygen atoms in total. The lowest BCUT2D eigenvalue weighted by Gasteiger charge is -2.16. The fourth-order valence-corrected chi connectivity index (χ4v) is 3.39. The summed E-state index contributed by atoms with van der Waals surface area (Å²) in [6.45, 7) is 0. The number of hydrogen-bond donors (Lipinski definition) is 2. The van der Waals surface area contributed by atoms with Crippen LogP contribution < -0.4 is 11.3 Å². The molecule has 1 aromatic heterocycles. The zero-order valence-corrected chi connectivity index (χ0v) is 12.4. The normalized spacial score (nSPS) is 12.7. The van der Waals surface area contributed by atoms with E-state index in [1.165, 1.54) is 6.07 Å². The van der Waals surface area contributed by atoms with Gasteiger partial charge in [-0.1, -0.05) is 17.7 Å². The summed E-state index contributed by atoms with van der Waals surface area (Å²) in [6.07, 6.45) is 0.630. The molecule has 1 unspecified atom stereocenters. The monoisotopic (exact) mass is 348 g/mol. The third-order valence-electron chi connectivity index (χ3n) is 2.57. The Kier molecular flexibility index (Phi) is 4.75. The van der Waals surface area contributed by atoms with E-state index in [0.29, 0.717) is 17.0 Å². The molecule has 0 saturated heterocycles. The lowest BCUT2D eigenvalue weighted by molar-refractivity contribution is 0.513. The Labute approximate surface area is 122 Å². The average Bonchev–Trinajstić information content (AvgIpc) is 2.72. The van der Waals surface area contributed by atoms with Crippen LogP contribution in [0.1, 0.15) is 16.5 Å². The van der Waals surface area contributed by atoms with Gasteiger partial charge in [-0.3, -0.25) is 11.3 Å². The lowest BCUT2D eigenvalue weighted by Crippen LogP contribution is -2.30. The van der Waals surface area contributed by atoms with Crippen molar-refractivity contribution in [3.8, 4) is 0 Å². The summed E-state index contributed by atoms with van der Waals surface area (Å²) in [5, 5.41) is 0.380. The molecule has 0 radical (unpaired) electrons. The smallest absolute Gasteiger partial charge is 0.129 e. The quantitative estimate of drug-likeness (QED) is 0.645. The van der Waals surface area contributed by atoms with Crippen molar-refractivity contribution in [1.29, 1.82) is 0 Å². The van der Waals surface area contributed by atoms with Gasteiger partial charge in [-0.15, -0.1) is 11.3 Å². The third-order valence-corrected chi connectivity index (χ3v) is 4.45. The molecule has 0 fully saturated rings. The average molecular weight is 350 g/mol. The van der Waals surface area contributed by atoms with Crippen LogP contribution in [0.4, 0.5) is 4.39 Å². The van der Waals surface area contributed by atoms with Crippen LogP contribution in [0.3, 0.4) is 0 Å². The van der Waals surface area contributed by atoms with Gasteiger partial charge in [0, 0.05) is 21.9 Å². The van der Waals surface area contributed by atoms with E-state index in [1.807, 2.05) is 12.1 Å². The van der Waals surface area contributed by atoms with Crippen LogP contribution in [-0.2, 0) is 6.42 Å². The SMILES string of the molecule is NNC(Cc1ccc(Br)s1)c1ccc(Cl)cc1F. The summed E-state index contributed by atoms with van der Waals surface area (Å²) >= 11 is 10.7. The maximum atomic E-state index is 13.8. The number of hydrogen-bond acceptors (Lipinski definition) is 3. The van der Waals surface area contributed by atoms with Crippen LogP contribution in [-0.4, -0.2) is 0 Å². The van der Waals surface area contributed by atoms with Gasteiger partial charge in [0.15, 0.2) is 0 Å². The Bertz CT molecular complexity index is 547. The van der Waals surface area contributed by atoms with Crippen molar-refractivity contribution >= 4 is 38.9 Å². The second kappa shape index (κ2) is 6.12. The first-order valence-corrected chi connectivity index (χ1v) is 7.24. The number of thiophene rings is 1. The maximum Gasteiger partial charge on any atom is 0.129 e. The molecular formula is C12H11BrClFN2S. The molecule has 0 aliphatic heterocycles. The zero-order chi connectivity index (χ0) is 13.1. The van der Waals surface area contributed by atoms with Gasteiger partial charge in [-0.05, 0) is 40.2 Å². The second-order valence-electron chi connectivity index (χ2n) is 3.80. The van der Waals surface area contributed by atoms with Gasteiger partial charge in [0.2, 0.25) is 0 Å². The molecule has 1 aromatic carbocycles. The van der Waals surface area contributed by atoms with Gasteiger partial charge in [0.1, 0.15) is 5.82 Å². The molecule has 0 aliphatic rings. The molecule has 18 heavy (non-hydrogen) atoms. The van der Waals surface area contributed by atoms with Crippen LogP contribution in [0.5, 0.6) is 0 Å². The van der Waals surface area contributed by atoms with Crippen LogP contribution in [0.15, 0.2) is 34.1 Å². The van der Waals surface area contributed by atoms with E-state index in [-0.39, 0.29) is 11.9 Å². The van der Waals surface area contributed by atoms with Gasteiger partial charge in [0.05, 0.1) is 9.83 Å². The molecule has 6 heteroatoms. The third kappa shape index (κ3) is 3.30. The van der Waals surface area contributed by atoms with Crippen molar-refractivity contribution in [2.45, 2.75) is 12.5 Å². The van der Waals surface area contributed by atoms with Crippen LogP contribution in [0.2, 0.25) is 5.02 Å². The van der Waals surface area contributed by atoms with Crippen molar-refractivity contribution in [2.24, 2.45) is 5.84 Å². The molecule has 0 spiro atoms. The highest BCUT2D eigenvalue weighted by Crippen LogP contribution is 2.28. The van der Waals surface area contributed by atoms with Gasteiger partial charge < -0.3 is 0 Å². The molecule has 0 bridgehead atoms. The van der Waals surface area contributed by atoms with Gasteiger partial charge in [-0.2, -0.15) is 0 Å². The van der Waals surface area contributed by atoms with E-state index in [0.717, 1.165) is 8.66 Å². The number of benzene rings is 1. The van der Waals surface area contributed by atoms with Crippen molar-refractivity contribution in [1.82, 2.24) is 5.43 Å². The van der Waals surface area contributed by atoms with Crippen molar-refractivity contribution in [3.05, 3.63) is 55.4 Å². The maximum absolute atomic E-state index is 13.8. The summed E-state index contributed by atoms with van der Waals surface area (Å²) in [6, 6.07) is 8.30. The summed E-state index contributed by atoms with van der Waals surface area (Å²) < 4.78 is 14.9. The number of halogens is 3. The van der Waals surface area contributed by atoms with E-state index in [4.69, 9.17) is 17.4 Å². The van der Waals surface area contributed by atoms with E-state index < -0.39 is 0 Å². The van der Waals surface area contributed by atoms with Crippen LogP contribution in [0.25, 0.3) is 0 Å². The minimum atomic E-state index is -0.346. The van der Waals surface area contributed by atoms with Crippen molar-refractivity contribution < 1.29 is 4.39 Å². The van der Waals surface area contributed by atoms with E-state index in [2.05, 4.69) is 21.4 Å². The molecule has 1 atom stereocenters. The molecule has 3 N–H and O–H groups in total.